The highest BCUT2D eigenvalue weighted by molar-refractivity contribution is 14.1. The van der Waals surface area contributed by atoms with Gasteiger partial charge in [-0.3, -0.25) is 4.79 Å². The van der Waals surface area contributed by atoms with Crippen molar-refractivity contribution >= 4 is 28.9 Å². The normalized spacial score (nSPS) is 12.4. The minimum absolute atomic E-state index is 0.382. The third-order valence-electron chi connectivity index (χ3n) is 1.60. The summed E-state index contributed by atoms with van der Waals surface area (Å²) in [6.45, 7) is 0. The summed E-state index contributed by atoms with van der Waals surface area (Å²) in [5.41, 5.74) is -3.01. The van der Waals surface area contributed by atoms with Crippen molar-refractivity contribution in [1.82, 2.24) is 4.98 Å². The fourth-order valence-electron chi connectivity index (χ4n) is 1.04. The Morgan fingerprint density at radius 1 is 1.22 bits per heavy atom. The maximum Gasteiger partial charge on any atom is 0.573 e. The second-order valence-electron chi connectivity index (χ2n) is 2.87. The lowest BCUT2D eigenvalue weighted by atomic mass is 10.2. The van der Waals surface area contributed by atoms with Gasteiger partial charge in [-0.05, 0) is 22.6 Å². The molecular weight excluding hydrogens is 383 g/mol. The molecule has 0 saturated carbocycles. The van der Waals surface area contributed by atoms with Crippen LogP contribution in [-0.4, -0.2) is 17.6 Å². The summed E-state index contributed by atoms with van der Waals surface area (Å²) >= 11 is 1.28. The van der Waals surface area contributed by atoms with Crippen LogP contribution in [0.4, 0.5) is 26.3 Å². The van der Waals surface area contributed by atoms with Crippen molar-refractivity contribution < 1.29 is 35.9 Å². The number of aldehydes is 1. The first kappa shape index (κ1) is 15.0. The summed E-state index contributed by atoms with van der Waals surface area (Å²) in [5, 5.41) is 0. The first-order valence-electron chi connectivity index (χ1n) is 4.03. The highest BCUT2D eigenvalue weighted by atomic mass is 127. The minimum atomic E-state index is -5.20. The molecule has 1 rings (SSSR count). The quantitative estimate of drug-likeness (QED) is 0.339. The number of hydrogen-bond acceptors (Lipinski definition) is 3. The van der Waals surface area contributed by atoms with Crippen LogP contribution in [0.2, 0.25) is 0 Å². The van der Waals surface area contributed by atoms with Gasteiger partial charge in [-0.1, -0.05) is 0 Å². The molecule has 10 heteroatoms. The molecule has 1 aromatic heterocycles. The fraction of sp³-hybridized carbons (Fsp3) is 0.250. The lowest BCUT2D eigenvalue weighted by Crippen LogP contribution is -2.21. The van der Waals surface area contributed by atoms with Gasteiger partial charge in [0.1, 0.15) is 9.45 Å². The van der Waals surface area contributed by atoms with Gasteiger partial charge in [-0.25, -0.2) is 4.98 Å². The van der Waals surface area contributed by atoms with Crippen molar-refractivity contribution in [2.45, 2.75) is 12.5 Å². The number of alkyl halides is 6. The maximum atomic E-state index is 12.5. The van der Waals surface area contributed by atoms with E-state index in [9.17, 15) is 31.1 Å². The topological polar surface area (TPSA) is 39.2 Å². The van der Waals surface area contributed by atoms with Crippen LogP contribution >= 0.6 is 22.6 Å². The van der Waals surface area contributed by atoms with Crippen LogP contribution in [0.5, 0.6) is 5.75 Å². The highest BCUT2D eigenvalue weighted by Gasteiger charge is 2.40. The zero-order valence-electron chi connectivity index (χ0n) is 8.06. The number of halogens is 7. The molecule has 100 valence electrons. The molecule has 0 spiro atoms. The van der Waals surface area contributed by atoms with E-state index in [2.05, 4.69) is 9.72 Å². The lowest BCUT2D eigenvalue weighted by molar-refractivity contribution is -0.274. The van der Waals surface area contributed by atoms with Gasteiger partial charge < -0.3 is 4.74 Å². The summed E-state index contributed by atoms with van der Waals surface area (Å²) in [6.07, 6.45) is -10.6. The molecule has 0 N–H and O–H groups in total. The average Bonchev–Trinajstić information content (AvgIpc) is 2.12. The lowest BCUT2D eigenvalue weighted by Gasteiger charge is -2.14. The van der Waals surface area contributed by atoms with E-state index in [0.29, 0.717) is 6.07 Å². The van der Waals surface area contributed by atoms with Crippen molar-refractivity contribution in [1.29, 1.82) is 0 Å². The van der Waals surface area contributed by atoms with Gasteiger partial charge in [0.05, 0.1) is 5.56 Å². The second kappa shape index (κ2) is 4.90. The number of carbonyl (C=O) groups excluding carboxylic acids is 1. The molecule has 18 heavy (non-hydrogen) atoms. The SMILES string of the molecule is O=Cc1c(OC(F)(F)F)cc(I)nc1C(F)(F)F. The number of nitrogens with zero attached hydrogens (tertiary/aromatic N) is 1. The Morgan fingerprint density at radius 2 is 1.78 bits per heavy atom. The summed E-state index contributed by atoms with van der Waals surface area (Å²) in [5.74, 6) is -1.23. The van der Waals surface area contributed by atoms with E-state index in [0.717, 1.165) is 0 Å². The Labute approximate surface area is 109 Å². The highest BCUT2D eigenvalue weighted by Crippen LogP contribution is 2.36. The molecule has 0 amide bonds. The molecule has 3 nitrogen and oxygen atoms in total. The van der Waals surface area contributed by atoms with Crippen molar-refractivity contribution in [3.8, 4) is 5.75 Å². The predicted molar refractivity (Wildman–Crippen MR) is 54.0 cm³/mol. The third kappa shape index (κ3) is 3.71. The number of pyridine rings is 1. The largest absolute Gasteiger partial charge is 0.573 e. The van der Waals surface area contributed by atoms with Gasteiger partial charge in [0.2, 0.25) is 0 Å². The van der Waals surface area contributed by atoms with Crippen LogP contribution in [0.1, 0.15) is 16.1 Å². The fourth-order valence-corrected chi connectivity index (χ4v) is 1.57. The van der Waals surface area contributed by atoms with Crippen LogP contribution in [-0.2, 0) is 6.18 Å². The molecule has 0 saturated heterocycles. The zero-order chi connectivity index (χ0) is 14.1. The van der Waals surface area contributed by atoms with E-state index in [-0.39, 0.29) is 9.99 Å². The third-order valence-corrected chi connectivity index (χ3v) is 2.15. The Bertz CT molecular complexity index is 470. The Kier molecular flexibility index (Phi) is 4.08. The monoisotopic (exact) mass is 385 g/mol. The first-order chi connectivity index (χ1) is 8.04. The summed E-state index contributed by atoms with van der Waals surface area (Å²) < 4.78 is 76.3. The minimum Gasteiger partial charge on any atom is -0.405 e. The van der Waals surface area contributed by atoms with Crippen LogP contribution in [0, 0.1) is 3.70 Å². The maximum absolute atomic E-state index is 12.5. The van der Waals surface area contributed by atoms with Gasteiger partial charge in [0, 0.05) is 6.07 Å². The molecule has 0 aliphatic carbocycles. The smallest absolute Gasteiger partial charge is 0.405 e. The number of aromatic nitrogens is 1. The molecule has 0 bridgehead atoms. The van der Waals surface area contributed by atoms with E-state index < -0.39 is 29.5 Å². The standard InChI is InChI=1S/C8H2F6INO2/c9-7(10,11)6-3(2-17)4(1-5(15)16-6)18-8(12,13)14/h1-2H. The van der Waals surface area contributed by atoms with E-state index in [1.54, 1.807) is 0 Å². The molecule has 1 heterocycles. The molecule has 0 aliphatic rings. The van der Waals surface area contributed by atoms with E-state index in [1.165, 1.54) is 22.6 Å². The molecule has 0 unspecified atom stereocenters. The van der Waals surface area contributed by atoms with Crippen molar-refractivity contribution in [3.63, 3.8) is 0 Å². The van der Waals surface area contributed by atoms with Crippen LogP contribution in [0.25, 0.3) is 0 Å². The van der Waals surface area contributed by atoms with E-state index in [4.69, 9.17) is 0 Å². The predicted octanol–water partition coefficient (Wildman–Crippen LogP) is 3.42. The first-order valence-corrected chi connectivity index (χ1v) is 5.11. The molecule has 0 aliphatic heterocycles. The number of ether oxygens (including phenoxy) is 1. The van der Waals surface area contributed by atoms with Crippen LogP contribution < -0.4 is 4.74 Å². The Hall–Kier alpha value is -1.07. The van der Waals surface area contributed by atoms with Crippen molar-refractivity contribution in [2.24, 2.45) is 0 Å². The van der Waals surface area contributed by atoms with Crippen molar-refractivity contribution in [3.05, 3.63) is 21.0 Å². The van der Waals surface area contributed by atoms with Gasteiger partial charge >= 0.3 is 12.5 Å². The summed E-state index contributed by atoms with van der Waals surface area (Å²) in [6, 6.07) is 0.590. The molecule has 0 radical (unpaired) electrons. The number of rotatable bonds is 2. The molecule has 0 aromatic carbocycles. The van der Waals surface area contributed by atoms with Gasteiger partial charge in [0.15, 0.2) is 12.0 Å². The molecule has 0 atom stereocenters. The van der Waals surface area contributed by atoms with Gasteiger partial charge in [-0.2, -0.15) is 13.2 Å². The summed E-state index contributed by atoms with van der Waals surface area (Å²) in [4.78, 5) is 13.5. The van der Waals surface area contributed by atoms with E-state index >= 15 is 0 Å². The van der Waals surface area contributed by atoms with Crippen molar-refractivity contribution in [2.75, 3.05) is 0 Å². The summed E-state index contributed by atoms with van der Waals surface area (Å²) in [7, 11) is 0. The van der Waals surface area contributed by atoms with Gasteiger partial charge in [-0.15, -0.1) is 13.2 Å². The zero-order valence-corrected chi connectivity index (χ0v) is 10.2. The molecule has 1 aromatic rings. The Balaban J connectivity index is 3.43. The van der Waals surface area contributed by atoms with Gasteiger partial charge in [0.25, 0.3) is 0 Å². The average molecular weight is 385 g/mol. The Morgan fingerprint density at radius 3 is 2.17 bits per heavy atom. The number of carbonyl (C=O) groups is 1. The molecule has 0 fully saturated rings. The molecular formula is C8H2F6INO2. The number of hydrogen-bond donors (Lipinski definition) is 0. The van der Waals surface area contributed by atoms with Crippen LogP contribution in [0.15, 0.2) is 6.07 Å². The van der Waals surface area contributed by atoms with E-state index in [1.807, 2.05) is 0 Å². The second-order valence-corrected chi connectivity index (χ2v) is 3.97. The van der Waals surface area contributed by atoms with Crippen LogP contribution in [0.3, 0.4) is 0 Å².